The Morgan fingerprint density at radius 3 is 2.83 bits per heavy atom. The number of carbonyl (C=O) groups is 2. The summed E-state index contributed by atoms with van der Waals surface area (Å²) < 4.78 is 0. The van der Waals surface area contributed by atoms with Gasteiger partial charge in [-0.1, -0.05) is 29.8 Å². The Hall–Kier alpha value is -2.04. The van der Waals surface area contributed by atoms with Crippen molar-refractivity contribution < 1.29 is 9.59 Å². The second-order valence-electron chi connectivity index (χ2n) is 6.96. The largest absolute Gasteiger partial charge is 0.352 e. The van der Waals surface area contributed by atoms with Crippen LogP contribution >= 0.6 is 0 Å². The Bertz CT molecular complexity index is 610. The first-order chi connectivity index (χ1) is 11.0. The van der Waals surface area contributed by atoms with Gasteiger partial charge in [-0.15, -0.1) is 0 Å². The van der Waals surface area contributed by atoms with Gasteiger partial charge in [0.2, 0.25) is 5.91 Å². The first-order valence-corrected chi connectivity index (χ1v) is 8.41. The minimum absolute atomic E-state index is 0.256. The highest BCUT2D eigenvalue weighted by Gasteiger charge is 2.53. The number of primary amides is 1. The summed E-state index contributed by atoms with van der Waals surface area (Å²) in [7, 11) is 0. The van der Waals surface area contributed by atoms with Gasteiger partial charge in [-0.05, 0) is 44.1 Å². The summed E-state index contributed by atoms with van der Waals surface area (Å²) in [4.78, 5) is 26.0. The zero-order valence-corrected chi connectivity index (χ0v) is 13.7. The van der Waals surface area contributed by atoms with Crippen LogP contribution in [0.3, 0.4) is 0 Å². The van der Waals surface area contributed by atoms with Gasteiger partial charge < -0.3 is 16.0 Å². The summed E-state index contributed by atoms with van der Waals surface area (Å²) in [5.74, 6) is 0.556. The standard InChI is InChI=1S/C18H25N3O2/c1-13-4-2-6-15(10-13)18(7-8-18)16(22)21-9-3-5-14(12-21)11-20-17(19)23/h2,4,6,10,14H,3,5,7-9,11-12H2,1H3,(H3,19,20,23)/t14-/m0/s1. The quantitative estimate of drug-likeness (QED) is 0.891. The highest BCUT2D eigenvalue weighted by atomic mass is 16.2. The van der Waals surface area contributed by atoms with Gasteiger partial charge in [0.05, 0.1) is 5.41 Å². The first-order valence-electron chi connectivity index (χ1n) is 8.41. The number of carbonyl (C=O) groups excluding carboxylic acids is 2. The zero-order chi connectivity index (χ0) is 16.4. The van der Waals surface area contributed by atoms with E-state index in [1.807, 2.05) is 11.0 Å². The van der Waals surface area contributed by atoms with Crippen molar-refractivity contribution in [3.8, 4) is 0 Å². The number of amides is 3. The van der Waals surface area contributed by atoms with Crippen molar-refractivity contribution in [3.63, 3.8) is 0 Å². The average molecular weight is 315 g/mol. The van der Waals surface area contributed by atoms with E-state index in [1.54, 1.807) is 0 Å². The van der Waals surface area contributed by atoms with Gasteiger partial charge in [0.15, 0.2) is 0 Å². The van der Waals surface area contributed by atoms with Crippen LogP contribution in [0, 0.1) is 12.8 Å². The third-order valence-corrected chi connectivity index (χ3v) is 5.10. The van der Waals surface area contributed by atoms with Crippen LogP contribution in [0.1, 0.15) is 36.8 Å². The maximum atomic E-state index is 13.1. The number of hydrogen-bond donors (Lipinski definition) is 2. The number of likely N-dealkylation sites (tertiary alicyclic amines) is 1. The van der Waals surface area contributed by atoms with E-state index in [2.05, 4.69) is 30.4 Å². The van der Waals surface area contributed by atoms with Gasteiger partial charge in [-0.3, -0.25) is 4.79 Å². The van der Waals surface area contributed by atoms with Gasteiger partial charge in [0.25, 0.3) is 0 Å². The summed E-state index contributed by atoms with van der Waals surface area (Å²) >= 11 is 0. The van der Waals surface area contributed by atoms with Crippen LogP contribution < -0.4 is 11.1 Å². The summed E-state index contributed by atoms with van der Waals surface area (Å²) in [5, 5.41) is 2.67. The molecule has 0 radical (unpaired) electrons. The van der Waals surface area contributed by atoms with Crippen molar-refractivity contribution in [1.29, 1.82) is 0 Å². The van der Waals surface area contributed by atoms with Crippen LogP contribution in [-0.4, -0.2) is 36.5 Å². The number of hydrogen-bond acceptors (Lipinski definition) is 2. The van der Waals surface area contributed by atoms with Crippen LogP contribution in [-0.2, 0) is 10.2 Å². The molecule has 124 valence electrons. The van der Waals surface area contributed by atoms with Crippen LogP contribution in [0.15, 0.2) is 24.3 Å². The van der Waals surface area contributed by atoms with Gasteiger partial charge >= 0.3 is 6.03 Å². The van der Waals surface area contributed by atoms with E-state index in [4.69, 9.17) is 5.73 Å². The lowest BCUT2D eigenvalue weighted by Crippen LogP contribution is -2.47. The fraction of sp³-hybridized carbons (Fsp3) is 0.556. The van der Waals surface area contributed by atoms with Crippen molar-refractivity contribution in [2.24, 2.45) is 11.7 Å². The number of benzene rings is 1. The molecule has 2 fully saturated rings. The number of aryl methyl sites for hydroxylation is 1. The maximum Gasteiger partial charge on any atom is 0.312 e. The van der Waals surface area contributed by atoms with E-state index < -0.39 is 6.03 Å². The second kappa shape index (κ2) is 6.22. The molecule has 3 amide bonds. The van der Waals surface area contributed by atoms with Crippen molar-refractivity contribution in [3.05, 3.63) is 35.4 Å². The van der Waals surface area contributed by atoms with Crippen molar-refractivity contribution in [2.45, 2.75) is 38.0 Å². The SMILES string of the molecule is Cc1cccc(C2(C(=O)N3CCC[C@@H](CNC(N)=O)C3)CC2)c1. The molecular formula is C18H25N3O2. The summed E-state index contributed by atoms with van der Waals surface area (Å²) in [6, 6.07) is 7.83. The Morgan fingerprint density at radius 2 is 2.17 bits per heavy atom. The number of piperidine rings is 1. The van der Waals surface area contributed by atoms with E-state index in [0.717, 1.165) is 37.8 Å². The lowest BCUT2D eigenvalue weighted by molar-refractivity contribution is -0.135. The monoisotopic (exact) mass is 315 g/mol. The first kappa shape index (κ1) is 15.8. The zero-order valence-electron chi connectivity index (χ0n) is 13.7. The van der Waals surface area contributed by atoms with E-state index in [1.165, 1.54) is 5.56 Å². The molecule has 1 saturated heterocycles. The molecule has 3 N–H and O–H groups in total. The van der Waals surface area contributed by atoms with Crippen LogP contribution in [0.4, 0.5) is 4.79 Å². The number of urea groups is 1. The molecule has 0 bridgehead atoms. The lowest BCUT2D eigenvalue weighted by atomic mass is 9.90. The molecule has 1 heterocycles. The molecule has 23 heavy (non-hydrogen) atoms. The third kappa shape index (κ3) is 3.33. The number of nitrogens with two attached hydrogens (primary N) is 1. The molecule has 1 aromatic carbocycles. The smallest absolute Gasteiger partial charge is 0.312 e. The van der Waals surface area contributed by atoms with Crippen molar-refractivity contribution in [2.75, 3.05) is 19.6 Å². The molecule has 3 rings (SSSR count). The van der Waals surface area contributed by atoms with Crippen LogP contribution in [0.5, 0.6) is 0 Å². The number of nitrogens with zero attached hydrogens (tertiary/aromatic N) is 1. The minimum atomic E-state index is -0.494. The molecule has 0 unspecified atom stereocenters. The Balaban J connectivity index is 1.69. The molecule has 1 aliphatic heterocycles. The summed E-state index contributed by atoms with van der Waals surface area (Å²) in [5.41, 5.74) is 7.19. The molecule has 1 atom stereocenters. The number of rotatable bonds is 4. The predicted octanol–water partition coefficient (Wildman–Crippen LogP) is 1.93. The topological polar surface area (TPSA) is 75.4 Å². The predicted molar refractivity (Wildman–Crippen MR) is 89.0 cm³/mol. The lowest BCUT2D eigenvalue weighted by Gasteiger charge is -2.35. The van der Waals surface area contributed by atoms with E-state index in [-0.39, 0.29) is 11.3 Å². The van der Waals surface area contributed by atoms with Gasteiger partial charge in [-0.2, -0.15) is 0 Å². The summed E-state index contributed by atoms with van der Waals surface area (Å²) in [6.07, 6.45) is 3.90. The molecule has 2 aliphatic rings. The highest BCUT2D eigenvalue weighted by molar-refractivity contribution is 5.91. The van der Waals surface area contributed by atoms with Gasteiger partial charge in [-0.25, -0.2) is 4.79 Å². The van der Waals surface area contributed by atoms with E-state index in [0.29, 0.717) is 19.0 Å². The van der Waals surface area contributed by atoms with Gasteiger partial charge in [0.1, 0.15) is 0 Å². The molecule has 0 aromatic heterocycles. The maximum absolute atomic E-state index is 13.1. The molecule has 0 spiro atoms. The van der Waals surface area contributed by atoms with Crippen LogP contribution in [0.25, 0.3) is 0 Å². The molecule has 5 heteroatoms. The van der Waals surface area contributed by atoms with E-state index in [9.17, 15) is 9.59 Å². The summed E-state index contributed by atoms with van der Waals surface area (Å²) in [6.45, 7) is 4.15. The van der Waals surface area contributed by atoms with Crippen molar-refractivity contribution in [1.82, 2.24) is 10.2 Å². The highest BCUT2D eigenvalue weighted by Crippen LogP contribution is 2.50. The Kier molecular flexibility index (Phi) is 4.28. The fourth-order valence-corrected chi connectivity index (χ4v) is 3.66. The number of nitrogens with one attached hydrogen (secondary N) is 1. The van der Waals surface area contributed by atoms with Crippen LogP contribution in [0.2, 0.25) is 0 Å². The minimum Gasteiger partial charge on any atom is -0.352 e. The molecule has 5 nitrogen and oxygen atoms in total. The Labute approximate surface area is 137 Å². The molecule has 1 aliphatic carbocycles. The van der Waals surface area contributed by atoms with E-state index >= 15 is 0 Å². The molecular weight excluding hydrogens is 290 g/mol. The van der Waals surface area contributed by atoms with Gasteiger partial charge in [0, 0.05) is 19.6 Å². The molecule has 1 aromatic rings. The Morgan fingerprint density at radius 1 is 1.39 bits per heavy atom. The average Bonchev–Trinajstić information content (AvgIpc) is 3.34. The second-order valence-corrected chi connectivity index (χ2v) is 6.96. The van der Waals surface area contributed by atoms with Crippen molar-refractivity contribution >= 4 is 11.9 Å². The third-order valence-electron chi connectivity index (χ3n) is 5.10. The fourth-order valence-electron chi connectivity index (χ4n) is 3.66. The normalized spacial score (nSPS) is 22.5. The molecule has 1 saturated carbocycles.